The highest BCUT2D eigenvalue weighted by molar-refractivity contribution is 5.90. The van der Waals surface area contributed by atoms with Crippen LogP contribution >= 0.6 is 0 Å². The maximum atomic E-state index is 12.6. The van der Waals surface area contributed by atoms with E-state index in [-0.39, 0.29) is 17.6 Å². The van der Waals surface area contributed by atoms with Crippen LogP contribution in [0, 0.1) is 11.3 Å². The largest absolute Gasteiger partial charge is 0.391 e. The van der Waals surface area contributed by atoms with Crippen LogP contribution in [0.25, 0.3) is 22.3 Å². The maximum absolute atomic E-state index is 12.6. The molecule has 2 atom stereocenters. The SMILES string of the molecule is N#CCC1(n2cc(-c3ncnc4[nH]ccc34)cn2)CC(N2CCN(C(=O)N[C@H]3CCC[C@H]3O)CC2)C1. The standard InChI is InChI=1S/C25H31N9O2/c26-6-5-25(34-15-17(14-30-34)22-19-4-7-27-23(19)29-16-28-22)12-18(13-25)32-8-10-33(11-9-32)24(36)31-20-2-1-3-21(20)35/h4,7,14-16,18,20-21,35H,1-3,5,8-13H2,(H,31,36)(H,27,28,29)/t18?,20-,21+,25?/m0/s1. The van der Waals surface area contributed by atoms with Gasteiger partial charge in [0.1, 0.15) is 12.0 Å². The molecule has 3 aliphatic rings. The van der Waals surface area contributed by atoms with Crippen LogP contribution in [-0.2, 0) is 5.54 Å². The zero-order chi connectivity index (χ0) is 24.7. The Morgan fingerprint density at radius 2 is 2.08 bits per heavy atom. The number of nitriles is 1. The van der Waals surface area contributed by atoms with E-state index in [1.165, 1.54) is 0 Å². The summed E-state index contributed by atoms with van der Waals surface area (Å²) in [4.78, 5) is 28.8. The van der Waals surface area contributed by atoms with Crippen LogP contribution in [0.5, 0.6) is 0 Å². The quantitative estimate of drug-likeness (QED) is 0.497. The second kappa shape index (κ2) is 9.19. The number of piperazine rings is 1. The van der Waals surface area contributed by atoms with Gasteiger partial charge in [0.25, 0.3) is 0 Å². The molecule has 3 aromatic heterocycles. The van der Waals surface area contributed by atoms with Crippen LogP contribution in [0.15, 0.2) is 31.0 Å². The molecule has 0 unspecified atom stereocenters. The highest BCUT2D eigenvalue weighted by Crippen LogP contribution is 2.45. The van der Waals surface area contributed by atoms with Gasteiger partial charge in [0.15, 0.2) is 0 Å². The molecule has 6 rings (SSSR count). The van der Waals surface area contributed by atoms with E-state index in [0.717, 1.165) is 67.5 Å². The van der Waals surface area contributed by atoms with Crippen molar-refractivity contribution in [1.82, 2.24) is 39.8 Å². The summed E-state index contributed by atoms with van der Waals surface area (Å²) in [5.41, 5.74) is 2.20. The van der Waals surface area contributed by atoms with Crippen LogP contribution in [0.2, 0.25) is 0 Å². The van der Waals surface area contributed by atoms with Crippen molar-refractivity contribution < 1.29 is 9.90 Å². The fraction of sp³-hybridized carbons (Fsp3) is 0.560. The van der Waals surface area contributed by atoms with Gasteiger partial charge in [-0.15, -0.1) is 0 Å². The number of amides is 2. The van der Waals surface area contributed by atoms with E-state index in [1.54, 1.807) is 6.33 Å². The molecule has 36 heavy (non-hydrogen) atoms. The van der Waals surface area contributed by atoms with Gasteiger partial charge in [0, 0.05) is 55.6 Å². The number of carbonyl (C=O) groups excluding carboxylic acids is 1. The third kappa shape index (κ3) is 4.00. The first kappa shape index (κ1) is 22.9. The highest BCUT2D eigenvalue weighted by Gasteiger charge is 2.49. The van der Waals surface area contributed by atoms with Crippen LogP contribution in [0.1, 0.15) is 38.5 Å². The molecule has 2 saturated carbocycles. The predicted octanol–water partition coefficient (Wildman–Crippen LogP) is 1.83. The summed E-state index contributed by atoms with van der Waals surface area (Å²) in [6, 6.07) is 4.51. The molecule has 1 saturated heterocycles. The second-order valence-corrected chi connectivity index (χ2v) is 10.3. The molecular formula is C25H31N9O2. The molecule has 3 aromatic rings. The fourth-order valence-corrected chi connectivity index (χ4v) is 6.09. The number of fused-ring (bicyclic) bond motifs is 1. The summed E-state index contributed by atoms with van der Waals surface area (Å²) in [7, 11) is 0. The molecule has 3 N–H and O–H groups in total. The highest BCUT2D eigenvalue weighted by atomic mass is 16.3. The summed E-state index contributed by atoms with van der Waals surface area (Å²) >= 11 is 0. The summed E-state index contributed by atoms with van der Waals surface area (Å²) in [6.45, 7) is 2.96. The molecule has 11 heteroatoms. The zero-order valence-electron chi connectivity index (χ0n) is 20.2. The number of hydrogen-bond acceptors (Lipinski definition) is 7. The Morgan fingerprint density at radius 3 is 2.83 bits per heavy atom. The average Bonchev–Trinajstić information content (AvgIpc) is 3.63. The first-order valence-corrected chi connectivity index (χ1v) is 12.7. The molecule has 2 aliphatic carbocycles. The topological polar surface area (TPSA) is 139 Å². The molecule has 0 spiro atoms. The lowest BCUT2D eigenvalue weighted by Gasteiger charge is -2.52. The van der Waals surface area contributed by atoms with Gasteiger partial charge in [-0.3, -0.25) is 9.58 Å². The molecule has 4 heterocycles. The number of aliphatic hydroxyl groups is 1. The van der Waals surface area contributed by atoms with Crippen LogP contribution in [0.3, 0.4) is 0 Å². The Bertz CT molecular complexity index is 1280. The predicted molar refractivity (Wildman–Crippen MR) is 132 cm³/mol. The third-order valence-corrected chi connectivity index (χ3v) is 8.24. The van der Waals surface area contributed by atoms with Gasteiger partial charge in [-0.25, -0.2) is 14.8 Å². The van der Waals surface area contributed by atoms with Crippen LogP contribution in [-0.4, -0.2) is 90.0 Å². The maximum Gasteiger partial charge on any atom is 0.317 e. The number of nitrogens with one attached hydrogen (secondary N) is 2. The van der Waals surface area contributed by atoms with Crippen LogP contribution < -0.4 is 5.32 Å². The van der Waals surface area contributed by atoms with Gasteiger partial charge in [-0.2, -0.15) is 10.4 Å². The van der Waals surface area contributed by atoms with Crippen LogP contribution in [0.4, 0.5) is 4.79 Å². The zero-order valence-corrected chi connectivity index (χ0v) is 20.2. The Labute approximate surface area is 209 Å². The summed E-state index contributed by atoms with van der Waals surface area (Å²) < 4.78 is 1.96. The van der Waals surface area contributed by atoms with Crippen molar-refractivity contribution in [3.05, 3.63) is 31.0 Å². The Morgan fingerprint density at radius 1 is 1.25 bits per heavy atom. The minimum atomic E-state index is -0.426. The van der Waals surface area contributed by atoms with Crippen molar-refractivity contribution in [2.24, 2.45) is 0 Å². The molecule has 11 nitrogen and oxygen atoms in total. The Balaban J connectivity index is 1.09. The van der Waals surface area contributed by atoms with E-state index in [2.05, 4.69) is 36.3 Å². The van der Waals surface area contributed by atoms with E-state index in [0.29, 0.717) is 25.6 Å². The molecule has 3 fully saturated rings. The van der Waals surface area contributed by atoms with E-state index >= 15 is 0 Å². The van der Waals surface area contributed by atoms with Gasteiger partial charge >= 0.3 is 6.03 Å². The van der Waals surface area contributed by atoms with Crippen molar-refractivity contribution in [1.29, 1.82) is 5.26 Å². The van der Waals surface area contributed by atoms with Crippen molar-refractivity contribution >= 4 is 17.1 Å². The average molecular weight is 490 g/mol. The number of carbonyl (C=O) groups is 1. The smallest absolute Gasteiger partial charge is 0.317 e. The summed E-state index contributed by atoms with van der Waals surface area (Å²) in [6.07, 6.45) is 11.5. The third-order valence-electron chi connectivity index (χ3n) is 8.24. The van der Waals surface area contributed by atoms with Crippen molar-refractivity contribution in [3.8, 4) is 17.3 Å². The molecular weight excluding hydrogens is 458 g/mol. The minimum absolute atomic E-state index is 0.0710. The van der Waals surface area contributed by atoms with Gasteiger partial charge in [-0.1, -0.05) is 0 Å². The van der Waals surface area contributed by atoms with E-state index in [9.17, 15) is 15.2 Å². The fourth-order valence-electron chi connectivity index (χ4n) is 6.09. The molecule has 0 radical (unpaired) electrons. The number of H-pyrrole nitrogens is 1. The normalized spacial score (nSPS) is 28.7. The number of aromatic amines is 1. The van der Waals surface area contributed by atoms with Crippen molar-refractivity contribution in [3.63, 3.8) is 0 Å². The lowest BCUT2D eigenvalue weighted by Crippen LogP contribution is -2.61. The first-order valence-electron chi connectivity index (χ1n) is 12.7. The van der Waals surface area contributed by atoms with Gasteiger partial charge < -0.3 is 20.3 Å². The molecule has 0 bridgehead atoms. The molecule has 2 amide bonds. The first-order chi connectivity index (χ1) is 17.6. The summed E-state index contributed by atoms with van der Waals surface area (Å²) in [5, 5.41) is 28.2. The number of aliphatic hydroxyl groups excluding tert-OH is 1. The summed E-state index contributed by atoms with van der Waals surface area (Å²) in [5.74, 6) is 0. The van der Waals surface area contributed by atoms with E-state index in [1.807, 2.05) is 34.2 Å². The number of urea groups is 1. The molecule has 1 aliphatic heterocycles. The number of nitrogens with zero attached hydrogens (tertiary/aromatic N) is 7. The molecule has 188 valence electrons. The molecule has 0 aromatic carbocycles. The van der Waals surface area contributed by atoms with E-state index < -0.39 is 6.10 Å². The minimum Gasteiger partial charge on any atom is -0.391 e. The lowest BCUT2D eigenvalue weighted by molar-refractivity contribution is -0.0132. The van der Waals surface area contributed by atoms with Crippen molar-refractivity contribution in [2.75, 3.05) is 26.2 Å². The monoisotopic (exact) mass is 489 g/mol. The van der Waals surface area contributed by atoms with Crippen molar-refractivity contribution in [2.45, 2.75) is 62.3 Å². The number of aromatic nitrogens is 5. The van der Waals surface area contributed by atoms with E-state index in [4.69, 9.17) is 0 Å². The number of rotatable bonds is 5. The second-order valence-electron chi connectivity index (χ2n) is 10.3. The van der Waals surface area contributed by atoms with Gasteiger partial charge in [0.05, 0.1) is 42.1 Å². The number of hydrogen-bond donors (Lipinski definition) is 3. The Kier molecular flexibility index (Phi) is 5.85. The lowest BCUT2D eigenvalue weighted by atomic mass is 9.70. The van der Waals surface area contributed by atoms with Gasteiger partial charge in [0.2, 0.25) is 0 Å². The van der Waals surface area contributed by atoms with Gasteiger partial charge in [-0.05, 0) is 38.2 Å². The Hall–Kier alpha value is -3.49.